The number of nitro benzene ring substituents is 1. The summed E-state index contributed by atoms with van der Waals surface area (Å²) in [5.41, 5.74) is -3.84. The van der Waals surface area contributed by atoms with Gasteiger partial charge >= 0.3 is 24.1 Å². The number of nitro groups is 1. The third-order valence-corrected chi connectivity index (χ3v) is 6.92. The predicted octanol–water partition coefficient (Wildman–Crippen LogP) is 3.24. The summed E-state index contributed by atoms with van der Waals surface area (Å²) in [7, 11) is 0. The molecule has 0 bridgehead atoms. The molecule has 1 aromatic carbocycles. The topological polar surface area (TPSA) is 185 Å². The number of rotatable bonds is 13. The fourth-order valence-corrected chi connectivity index (χ4v) is 4.62. The van der Waals surface area contributed by atoms with Crippen molar-refractivity contribution in [3.63, 3.8) is 0 Å². The van der Waals surface area contributed by atoms with Crippen LogP contribution in [0.3, 0.4) is 0 Å². The Labute approximate surface area is 239 Å². The van der Waals surface area contributed by atoms with Crippen LogP contribution in [-0.2, 0) is 10.7 Å². The molecule has 1 amide bonds. The lowest BCUT2D eigenvalue weighted by Crippen LogP contribution is -2.89. The highest BCUT2D eigenvalue weighted by atomic mass is 32.2. The Morgan fingerprint density at radius 1 is 1.26 bits per heavy atom. The number of nitrogens with zero attached hydrogens (tertiary/aromatic N) is 5. The van der Waals surface area contributed by atoms with E-state index in [1.165, 1.54) is 11.0 Å². The number of aliphatic hydroxyl groups excluding tert-OH is 1. The van der Waals surface area contributed by atoms with Crippen molar-refractivity contribution in [2.75, 3.05) is 31.6 Å². The first-order valence-electron chi connectivity index (χ1n) is 11.7. The number of hydrogen-bond donors (Lipinski definition) is 4. The number of pyridine rings is 1. The zero-order valence-corrected chi connectivity index (χ0v) is 22.1. The molecule has 0 radical (unpaired) electrons. The Bertz CT molecular complexity index is 1370. The molecule has 13 nitrogen and oxygen atoms in total. The van der Waals surface area contributed by atoms with Crippen LogP contribution in [0.2, 0.25) is 0 Å². The molecule has 6 N–H and O–H groups in total. The van der Waals surface area contributed by atoms with Crippen LogP contribution >= 0.6 is 11.8 Å². The van der Waals surface area contributed by atoms with Gasteiger partial charge in [0, 0.05) is 34.4 Å². The quantitative estimate of drug-likeness (QED) is 0.0481. The number of thioether (sulfide) groups is 1. The normalized spacial score (nSPS) is 15.9. The SMILES string of the molecule is N/N=N\C([NH2+]CCN1CCOC1=O)Sc1ccc([N+](=O)[O-])cc1C(O)Nc1ncc(C(F)(F)C(F)(F)C(F)(F)F)cc1F. The molecule has 22 heteroatoms. The van der Waals surface area contributed by atoms with E-state index >= 15 is 0 Å². The Morgan fingerprint density at radius 2 is 1.95 bits per heavy atom. The summed E-state index contributed by atoms with van der Waals surface area (Å²) >= 11 is 0.841. The number of aliphatic hydroxyl groups is 1. The number of ether oxygens (including phenoxy) is 1. The number of anilines is 1. The number of cyclic esters (lactones) is 1. The Morgan fingerprint density at radius 3 is 2.51 bits per heavy atom. The summed E-state index contributed by atoms with van der Waals surface area (Å²) in [5, 5.41) is 32.6. The van der Waals surface area contributed by atoms with Crippen LogP contribution in [0.25, 0.3) is 0 Å². The lowest BCUT2D eigenvalue weighted by atomic mass is 10.0. The number of aromatic nitrogens is 1. The molecule has 1 fully saturated rings. The van der Waals surface area contributed by atoms with Gasteiger partial charge in [-0.05, 0) is 23.9 Å². The van der Waals surface area contributed by atoms with Crippen LogP contribution in [0.15, 0.2) is 45.7 Å². The van der Waals surface area contributed by atoms with Gasteiger partial charge in [-0.25, -0.2) is 14.2 Å². The molecule has 0 saturated carbocycles. The number of nitrogens with one attached hydrogen (secondary N) is 1. The minimum Gasteiger partial charge on any atom is -0.448 e. The average Bonchev–Trinajstić information content (AvgIpc) is 3.33. The van der Waals surface area contributed by atoms with E-state index in [0.717, 1.165) is 23.9 Å². The number of quaternary nitrogens is 1. The second-order valence-corrected chi connectivity index (χ2v) is 9.75. The number of alkyl halides is 7. The molecular formula is C21H21F8N8O5S+. The highest BCUT2D eigenvalue weighted by Gasteiger charge is 2.73. The van der Waals surface area contributed by atoms with Crippen molar-refractivity contribution >= 4 is 29.4 Å². The zero-order chi connectivity index (χ0) is 32.2. The molecule has 2 unspecified atom stereocenters. The average molecular weight is 650 g/mol. The maximum absolute atomic E-state index is 14.6. The van der Waals surface area contributed by atoms with Crippen molar-refractivity contribution in [1.82, 2.24) is 9.88 Å². The van der Waals surface area contributed by atoms with Crippen LogP contribution < -0.4 is 16.5 Å². The number of non-ortho nitro benzene ring substituents is 1. The van der Waals surface area contributed by atoms with Crippen molar-refractivity contribution in [1.29, 1.82) is 0 Å². The second-order valence-electron chi connectivity index (χ2n) is 8.59. The van der Waals surface area contributed by atoms with E-state index in [0.29, 0.717) is 6.54 Å². The molecule has 2 aromatic rings. The summed E-state index contributed by atoms with van der Waals surface area (Å²) in [5.74, 6) is -10.2. The largest absolute Gasteiger partial charge is 0.460 e. The molecule has 43 heavy (non-hydrogen) atoms. The first-order valence-corrected chi connectivity index (χ1v) is 12.6. The molecule has 1 aliphatic rings. The van der Waals surface area contributed by atoms with Crippen molar-refractivity contribution in [3.05, 3.63) is 57.5 Å². The standard InChI is InChI=1S/C21H20F8N8O5S/c22-13-7-10(19(23,24)20(25,26)21(27,28)29)9-32-15(13)33-16(38)12-8-11(37(40)41)1-2-14(12)43-17(34-35-30)31-3-4-36-5-6-42-18(36)39/h1-2,7-9,16-17,31,38H,3-6H2,(H2,30,34)(H,32,33)/p+1. The van der Waals surface area contributed by atoms with E-state index in [4.69, 9.17) is 10.6 Å². The van der Waals surface area contributed by atoms with Gasteiger partial charge in [-0.15, -0.1) is 0 Å². The van der Waals surface area contributed by atoms with Gasteiger partial charge in [0.25, 0.3) is 11.2 Å². The van der Waals surface area contributed by atoms with Crippen LogP contribution in [-0.4, -0.2) is 69.8 Å². The van der Waals surface area contributed by atoms with Crippen molar-refractivity contribution in [2.45, 2.75) is 34.6 Å². The van der Waals surface area contributed by atoms with Crippen LogP contribution in [0, 0.1) is 15.9 Å². The highest BCUT2D eigenvalue weighted by Crippen LogP contribution is 2.51. The van der Waals surface area contributed by atoms with Gasteiger partial charge in [-0.2, -0.15) is 30.7 Å². The first-order chi connectivity index (χ1) is 20.0. The number of halogens is 8. The smallest absolute Gasteiger partial charge is 0.448 e. The van der Waals surface area contributed by atoms with E-state index < -0.39 is 63.6 Å². The fourth-order valence-electron chi connectivity index (χ4n) is 3.57. The minimum absolute atomic E-state index is 0.0770. The first kappa shape index (κ1) is 33.5. The van der Waals surface area contributed by atoms with Gasteiger partial charge in [-0.3, -0.25) is 15.0 Å². The van der Waals surface area contributed by atoms with Crippen molar-refractivity contribution in [2.24, 2.45) is 16.2 Å². The lowest BCUT2D eigenvalue weighted by Gasteiger charge is -2.28. The number of carbonyl (C=O) groups excluding carboxylic acids is 1. The van der Waals surface area contributed by atoms with Gasteiger partial charge in [0.2, 0.25) is 0 Å². The molecule has 0 aliphatic carbocycles. The van der Waals surface area contributed by atoms with Crippen LogP contribution in [0.1, 0.15) is 17.4 Å². The minimum atomic E-state index is -6.67. The molecule has 0 spiro atoms. The summed E-state index contributed by atoms with van der Waals surface area (Å²) in [6, 6.07) is 2.77. The monoisotopic (exact) mass is 649 g/mol. The molecule has 1 aliphatic heterocycles. The summed E-state index contributed by atoms with van der Waals surface area (Å²) in [6.07, 6.45) is -9.41. The molecule has 2 atom stereocenters. The van der Waals surface area contributed by atoms with Crippen LogP contribution in [0.4, 0.5) is 51.4 Å². The molecule has 2 heterocycles. The number of carbonyl (C=O) groups is 1. The molecule has 3 rings (SSSR count). The Balaban J connectivity index is 1.84. The fraction of sp³-hybridized carbons (Fsp3) is 0.429. The Kier molecular flexibility index (Phi) is 10.2. The molecular weight excluding hydrogens is 628 g/mol. The zero-order valence-electron chi connectivity index (χ0n) is 21.3. The molecule has 236 valence electrons. The number of hydrogen-bond acceptors (Lipinski definition) is 10. The maximum atomic E-state index is 14.6. The summed E-state index contributed by atoms with van der Waals surface area (Å²) < 4.78 is 111. The van der Waals surface area contributed by atoms with Gasteiger partial charge < -0.3 is 26.3 Å². The number of benzene rings is 1. The van der Waals surface area contributed by atoms with Gasteiger partial charge in [-0.1, -0.05) is 10.3 Å². The van der Waals surface area contributed by atoms with E-state index in [-0.39, 0.29) is 42.4 Å². The maximum Gasteiger partial charge on any atom is 0.460 e. The van der Waals surface area contributed by atoms with Gasteiger partial charge in [0.15, 0.2) is 17.9 Å². The molecule has 1 saturated heterocycles. The van der Waals surface area contributed by atoms with E-state index in [1.54, 1.807) is 5.32 Å². The van der Waals surface area contributed by atoms with E-state index in [2.05, 4.69) is 15.3 Å². The lowest BCUT2D eigenvalue weighted by molar-refractivity contribution is -0.666. The third-order valence-electron chi connectivity index (χ3n) is 5.77. The summed E-state index contributed by atoms with van der Waals surface area (Å²) in [4.78, 5) is 26.7. The third kappa shape index (κ3) is 7.48. The highest BCUT2D eigenvalue weighted by molar-refractivity contribution is 7.99. The predicted molar refractivity (Wildman–Crippen MR) is 129 cm³/mol. The van der Waals surface area contributed by atoms with Gasteiger partial charge in [0.05, 0.1) is 24.6 Å². The molecule has 1 aromatic heterocycles. The van der Waals surface area contributed by atoms with Crippen molar-refractivity contribution in [3.8, 4) is 0 Å². The Hall–Kier alpha value is -4.05. The number of nitrogens with two attached hydrogens (primary N) is 2. The van der Waals surface area contributed by atoms with Gasteiger partial charge in [0.1, 0.15) is 6.61 Å². The van der Waals surface area contributed by atoms with Crippen molar-refractivity contribution < 1.29 is 60.0 Å². The van der Waals surface area contributed by atoms with Crippen LogP contribution in [0.5, 0.6) is 0 Å². The summed E-state index contributed by atoms with van der Waals surface area (Å²) in [6.45, 7) is 1.08. The number of amides is 1. The van der Waals surface area contributed by atoms with E-state index in [9.17, 15) is 55.1 Å². The second kappa shape index (κ2) is 13.1. The van der Waals surface area contributed by atoms with E-state index in [1.807, 2.05) is 5.32 Å².